The molecule has 6 heteroatoms. The number of rotatable bonds is 0. The second kappa shape index (κ2) is 1.82. The van der Waals surface area contributed by atoms with Gasteiger partial charge in [0.05, 0.1) is 6.20 Å². The standard InChI is InChI=1S/C5H5N5O/c6-5-7-1-3-4(9-5)10(11)2-8-3/h1-2,11H,(H2,6,7,9). The zero-order chi connectivity index (χ0) is 7.84. The van der Waals surface area contributed by atoms with Crippen molar-refractivity contribution in [3.63, 3.8) is 0 Å². The number of nitrogens with zero attached hydrogens (tertiary/aromatic N) is 4. The lowest BCUT2D eigenvalue weighted by molar-refractivity contribution is 0.196. The molecule has 0 unspecified atom stereocenters. The lowest BCUT2D eigenvalue weighted by Crippen LogP contribution is -1.96. The molecule has 0 aliphatic heterocycles. The number of anilines is 1. The first-order valence-electron chi connectivity index (χ1n) is 2.92. The van der Waals surface area contributed by atoms with Crippen molar-refractivity contribution >= 4 is 17.1 Å². The van der Waals surface area contributed by atoms with Crippen molar-refractivity contribution in [2.75, 3.05) is 5.73 Å². The van der Waals surface area contributed by atoms with E-state index in [0.717, 1.165) is 4.73 Å². The molecular formula is C5H5N5O. The van der Waals surface area contributed by atoms with E-state index in [9.17, 15) is 0 Å². The van der Waals surface area contributed by atoms with Crippen molar-refractivity contribution in [2.45, 2.75) is 0 Å². The maximum Gasteiger partial charge on any atom is 0.222 e. The molecule has 2 aromatic heterocycles. The topological polar surface area (TPSA) is 89.8 Å². The van der Waals surface area contributed by atoms with Gasteiger partial charge in [0.25, 0.3) is 0 Å². The van der Waals surface area contributed by atoms with Gasteiger partial charge >= 0.3 is 0 Å². The van der Waals surface area contributed by atoms with Crippen LogP contribution in [-0.2, 0) is 0 Å². The molecule has 0 fully saturated rings. The van der Waals surface area contributed by atoms with Crippen LogP contribution in [0.3, 0.4) is 0 Å². The molecule has 0 spiro atoms. The number of fused-ring (bicyclic) bond motifs is 1. The Kier molecular flexibility index (Phi) is 0.974. The number of hydrogen-bond acceptors (Lipinski definition) is 5. The summed E-state index contributed by atoms with van der Waals surface area (Å²) >= 11 is 0. The minimum absolute atomic E-state index is 0.119. The molecule has 2 heterocycles. The lowest BCUT2D eigenvalue weighted by atomic mass is 10.6. The average Bonchev–Trinajstić information content (AvgIpc) is 2.33. The van der Waals surface area contributed by atoms with Crippen LogP contribution in [0, 0.1) is 0 Å². The summed E-state index contributed by atoms with van der Waals surface area (Å²) < 4.78 is 0.799. The Bertz CT molecular complexity index is 395. The van der Waals surface area contributed by atoms with Crippen LogP contribution in [0.2, 0.25) is 0 Å². The molecule has 0 radical (unpaired) electrons. The SMILES string of the molecule is Nc1ncc2ncn(O)c2n1. The molecule has 11 heavy (non-hydrogen) atoms. The Morgan fingerprint density at radius 2 is 2.27 bits per heavy atom. The molecule has 6 nitrogen and oxygen atoms in total. The summed E-state index contributed by atoms with van der Waals surface area (Å²) in [6, 6.07) is 0. The van der Waals surface area contributed by atoms with Gasteiger partial charge in [-0.15, -0.1) is 0 Å². The van der Waals surface area contributed by atoms with Gasteiger partial charge in [-0.05, 0) is 0 Å². The van der Waals surface area contributed by atoms with Gasteiger partial charge in [-0.2, -0.15) is 9.71 Å². The largest absolute Gasteiger partial charge is 0.425 e. The highest BCUT2D eigenvalue weighted by molar-refractivity contribution is 5.69. The van der Waals surface area contributed by atoms with Crippen LogP contribution in [0.15, 0.2) is 12.5 Å². The summed E-state index contributed by atoms with van der Waals surface area (Å²) in [4.78, 5) is 11.2. The summed E-state index contributed by atoms with van der Waals surface area (Å²) in [5.74, 6) is 0.119. The lowest BCUT2D eigenvalue weighted by Gasteiger charge is -1.91. The Balaban J connectivity index is 2.87. The summed E-state index contributed by atoms with van der Waals surface area (Å²) in [5, 5.41) is 9.04. The highest BCUT2D eigenvalue weighted by atomic mass is 16.5. The fourth-order valence-electron chi connectivity index (χ4n) is 0.811. The molecule has 3 N–H and O–H groups in total. The van der Waals surface area contributed by atoms with Gasteiger partial charge in [0, 0.05) is 0 Å². The zero-order valence-corrected chi connectivity index (χ0v) is 5.47. The first-order chi connectivity index (χ1) is 5.27. The van der Waals surface area contributed by atoms with E-state index in [2.05, 4.69) is 15.0 Å². The van der Waals surface area contributed by atoms with E-state index in [1.54, 1.807) is 0 Å². The third-order valence-electron chi connectivity index (χ3n) is 1.29. The van der Waals surface area contributed by atoms with E-state index in [0.29, 0.717) is 11.2 Å². The number of aromatic nitrogens is 4. The second-order valence-corrected chi connectivity index (χ2v) is 2.03. The molecule has 0 amide bonds. The van der Waals surface area contributed by atoms with Crippen molar-refractivity contribution in [1.82, 2.24) is 19.7 Å². The van der Waals surface area contributed by atoms with E-state index in [-0.39, 0.29) is 5.95 Å². The van der Waals surface area contributed by atoms with E-state index in [4.69, 9.17) is 10.9 Å². The predicted molar refractivity (Wildman–Crippen MR) is 36.9 cm³/mol. The second-order valence-electron chi connectivity index (χ2n) is 2.03. The highest BCUT2D eigenvalue weighted by Crippen LogP contribution is 2.06. The van der Waals surface area contributed by atoms with Gasteiger partial charge < -0.3 is 10.9 Å². The minimum Gasteiger partial charge on any atom is -0.425 e. The number of nitrogen functional groups attached to an aromatic ring is 1. The van der Waals surface area contributed by atoms with Gasteiger partial charge in [0.2, 0.25) is 11.6 Å². The van der Waals surface area contributed by atoms with Gasteiger partial charge in [-0.25, -0.2) is 9.97 Å². The summed E-state index contributed by atoms with van der Waals surface area (Å²) in [5.41, 5.74) is 6.11. The predicted octanol–water partition coefficient (Wildman–Crippen LogP) is -0.354. The van der Waals surface area contributed by atoms with Gasteiger partial charge in [0.15, 0.2) is 0 Å². The maximum atomic E-state index is 9.04. The molecule has 2 aromatic rings. The smallest absolute Gasteiger partial charge is 0.222 e. The number of imidazole rings is 1. The third-order valence-corrected chi connectivity index (χ3v) is 1.29. The summed E-state index contributed by atoms with van der Waals surface area (Å²) in [6.45, 7) is 0. The number of hydrogen-bond donors (Lipinski definition) is 2. The first kappa shape index (κ1) is 5.90. The van der Waals surface area contributed by atoms with Crippen LogP contribution in [0.1, 0.15) is 0 Å². The van der Waals surface area contributed by atoms with Crippen molar-refractivity contribution in [3.8, 4) is 0 Å². The van der Waals surface area contributed by atoms with Gasteiger partial charge in [-0.3, -0.25) is 0 Å². The molecule has 0 atom stereocenters. The Hall–Kier alpha value is -1.85. The minimum atomic E-state index is 0.119. The van der Waals surface area contributed by atoms with Crippen LogP contribution in [0.5, 0.6) is 0 Å². The first-order valence-corrected chi connectivity index (χ1v) is 2.92. The molecule has 0 bridgehead atoms. The monoisotopic (exact) mass is 151 g/mol. The van der Waals surface area contributed by atoms with E-state index < -0.39 is 0 Å². The fourth-order valence-corrected chi connectivity index (χ4v) is 0.811. The van der Waals surface area contributed by atoms with E-state index in [1.807, 2.05) is 0 Å². The van der Waals surface area contributed by atoms with Crippen molar-refractivity contribution in [1.29, 1.82) is 0 Å². The average molecular weight is 151 g/mol. The zero-order valence-electron chi connectivity index (χ0n) is 5.47. The van der Waals surface area contributed by atoms with Crippen LogP contribution in [0.25, 0.3) is 11.2 Å². The van der Waals surface area contributed by atoms with Crippen molar-refractivity contribution in [3.05, 3.63) is 12.5 Å². The third kappa shape index (κ3) is 0.759. The Morgan fingerprint density at radius 3 is 3.09 bits per heavy atom. The van der Waals surface area contributed by atoms with E-state index in [1.165, 1.54) is 12.5 Å². The quantitative estimate of drug-likeness (QED) is 0.502. The van der Waals surface area contributed by atoms with Gasteiger partial charge in [0.1, 0.15) is 11.8 Å². The van der Waals surface area contributed by atoms with Crippen molar-refractivity contribution in [2.24, 2.45) is 0 Å². The van der Waals surface area contributed by atoms with Gasteiger partial charge in [-0.1, -0.05) is 0 Å². The highest BCUT2D eigenvalue weighted by Gasteiger charge is 2.02. The molecule has 0 aliphatic carbocycles. The molecule has 0 aliphatic rings. The molecule has 0 aromatic carbocycles. The van der Waals surface area contributed by atoms with Crippen LogP contribution in [-0.4, -0.2) is 24.9 Å². The summed E-state index contributed by atoms with van der Waals surface area (Å²) in [7, 11) is 0. The number of nitrogens with two attached hydrogens (primary N) is 1. The molecule has 0 saturated carbocycles. The molecule has 56 valence electrons. The van der Waals surface area contributed by atoms with Crippen molar-refractivity contribution < 1.29 is 5.21 Å². The fraction of sp³-hybridized carbons (Fsp3) is 0. The Labute approximate surface area is 61.3 Å². The molecule has 2 rings (SSSR count). The maximum absolute atomic E-state index is 9.04. The van der Waals surface area contributed by atoms with E-state index >= 15 is 0 Å². The molecular weight excluding hydrogens is 146 g/mol. The van der Waals surface area contributed by atoms with Crippen LogP contribution in [0.4, 0.5) is 5.95 Å². The molecule has 0 saturated heterocycles. The normalized spacial score (nSPS) is 10.5. The van der Waals surface area contributed by atoms with Crippen LogP contribution < -0.4 is 5.73 Å². The van der Waals surface area contributed by atoms with Crippen LogP contribution >= 0.6 is 0 Å². The Morgan fingerprint density at radius 1 is 1.45 bits per heavy atom. The summed E-state index contributed by atoms with van der Waals surface area (Å²) in [6.07, 6.45) is 2.68.